The van der Waals surface area contributed by atoms with Gasteiger partial charge in [-0.15, -0.1) is 0 Å². The topological polar surface area (TPSA) is 18.5 Å². The van der Waals surface area contributed by atoms with Crippen molar-refractivity contribution in [2.24, 2.45) is 0 Å². The van der Waals surface area contributed by atoms with Gasteiger partial charge in [0.2, 0.25) is 0 Å². The molecule has 0 heterocycles. The third-order valence-corrected chi connectivity index (χ3v) is 6.51. The zero-order chi connectivity index (χ0) is 23.0. The van der Waals surface area contributed by atoms with Crippen molar-refractivity contribution in [3.63, 3.8) is 0 Å². The maximum absolute atomic E-state index is 5.87. The van der Waals surface area contributed by atoms with E-state index in [9.17, 15) is 0 Å². The summed E-state index contributed by atoms with van der Waals surface area (Å²) in [6.45, 7) is 4.55. The summed E-state index contributed by atoms with van der Waals surface area (Å²) >= 11 is 0. The number of methoxy groups -OCH3 is 2. The van der Waals surface area contributed by atoms with Gasteiger partial charge in [-0.3, -0.25) is 0 Å². The Hall–Kier alpha value is -1.96. The van der Waals surface area contributed by atoms with Gasteiger partial charge in [0.15, 0.2) is 0 Å². The van der Waals surface area contributed by atoms with Crippen LogP contribution in [0.25, 0.3) is 11.1 Å². The van der Waals surface area contributed by atoms with Gasteiger partial charge in [-0.25, -0.2) is 0 Å². The Morgan fingerprint density at radius 1 is 0.500 bits per heavy atom. The van der Waals surface area contributed by atoms with E-state index in [4.69, 9.17) is 9.47 Å². The molecule has 0 saturated carbocycles. The molecule has 2 heteroatoms. The van der Waals surface area contributed by atoms with Gasteiger partial charge in [0.25, 0.3) is 0 Å². The second-order valence-corrected chi connectivity index (χ2v) is 9.02. The van der Waals surface area contributed by atoms with Crippen molar-refractivity contribution in [1.82, 2.24) is 0 Å². The van der Waals surface area contributed by atoms with Gasteiger partial charge in [0.05, 0.1) is 14.2 Å². The molecule has 178 valence electrons. The van der Waals surface area contributed by atoms with Gasteiger partial charge in [0, 0.05) is 11.1 Å². The summed E-state index contributed by atoms with van der Waals surface area (Å²) in [7, 11) is 3.58. The first-order valence-corrected chi connectivity index (χ1v) is 13.1. The molecule has 0 aliphatic rings. The standard InChI is InChI=1S/C30H46O2/c1-5-7-9-11-13-15-19-25-21-17-23-27(31-3)29(25)30-26(22-18-24-28(30)32-4)20-16-14-12-10-8-6-2/h17-18,21-24H,5-16,19-20H2,1-4H3. The predicted molar refractivity (Wildman–Crippen MR) is 139 cm³/mol. The lowest BCUT2D eigenvalue weighted by molar-refractivity contribution is 0.409. The van der Waals surface area contributed by atoms with Crippen LogP contribution in [-0.2, 0) is 12.8 Å². The van der Waals surface area contributed by atoms with Gasteiger partial charge in [0.1, 0.15) is 11.5 Å². The Kier molecular flexibility index (Phi) is 13.0. The summed E-state index contributed by atoms with van der Waals surface area (Å²) in [5.41, 5.74) is 5.24. The highest BCUT2D eigenvalue weighted by atomic mass is 16.5. The average molecular weight is 439 g/mol. The van der Waals surface area contributed by atoms with Crippen molar-refractivity contribution in [2.45, 2.75) is 104 Å². The van der Waals surface area contributed by atoms with E-state index in [2.05, 4.69) is 50.2 Å². The molecule has 2 aromatic rings. The number of benzene rings is 2. The number of ether oxygens (including phenoxy) is 2. The van der Waals surface area contributed by atoms with Crippen LogP contribution in [0, 0.1) is 0 Å². The monoisotopic (exact) mass is 438 g/mol. The Morgan fingerprint density at radius 3 is 1.25 bits per heavy atom. The van der Waals surface area contributed by atoms with E-state index in [1.165, 1.54) is 99.3 Å². The van der Waals surface area contributed by atoms with E-state index in [0.717, 1.165) is 24.3 Å². The van der Waals surface area contributed by atoms with Crippen molar-refractivity contribution in [2.75, 3.05) is 14.2 Å². The highest BCUT2D eigenvalue weighted by Crippen LogP contribution is 2.42. The summed E-state index contributed by atoms with van der Waals surface area (Å²) in [6.07, 6.45) is 17.9. The van der Waals surface area contributed by atoms with E-state index in [1.807, 2.05) is 0 Å². The summed E-state index contributed by atoms with van der Waals surface area (Å²) in [5.74, 6) is 1.92. The number of aryl methyl sites for hydroxylation is 2. The lowest BCUT2D eigenvalue weighted by Crippen LogP contribution is -2.01. The fraction of sp³-hybridized carbons (Fsp3) is 0.600. The van der Waals surface area contributed by atoms with Crippen LogP contribution in [0.2, 0.25) is 0 Å². The number of rotatable bonds is 17. The molecule has 0 atom stereocenters. The minimum atomic E-state index is 0.960. The molecule has 0 aliphatic heterocycles. The Labute approximate surface area is 197 Å². The fourth-order valence-electron chi connectivity index (χ4n) is 4.67. The van der Waals surface area contributed by atoms with Crippen LogP contribution >= 0.6 is 0 Å². The molecule has 0 unspecified atom stereocenters. The summed E-state index contributed by atoms with van der Waals surface area (Å²) in [5, 5.41) is 0. The summed E-state index contributed by atoms with van der Waals surface area (Å²) in [6, 6.07) is 13.0. The van der Waals surface area contributed by atoms with Crippen LogP contribution in [0.15, 0.2) is 36.4 Å². The third-order valence-electron chi connectivity index (χ3n) is 6.51. The van der Waals surface area contributed by atoms with Crippen LogP contribution in [0.1, 0.15) is 102 Å². The van der Waals surface area contributed by atoms with E-state index < -0.39 is 0 Å². The van der Waals surface area contributed by atoms with Gasteiger partial charge in [-0.2, -0.15) is 0 Å². The van der Waals surface area contributed by atoms with Crippen molar-refractivity contribution in [1.29, 1.82) is 0 Å². The molecule has 2 aromatic carbocycles. The third kappa shape index (κ3) is 8.19. The first kappa shape index (κ1) is 26.3. The molecule has 0 aromatic heterocycles. The molecule has 0 bridgehead atoms. The van der Waals surface area contributed by atoms with Crippen LogP contribution in [0.4, 0.5) is 0 Å². The second-order valence-electron chi connectivity index (χ2n) is 9.02. The Bertz CT molecular complexity index is 700. The molecular weight excluding hydrogens is 392 g/mol. The molecule has 0 aliphatic carbocycles. The maximum Gasteiger partial charge on any atom is 0.127 e. The van der Waals surface area contributed by atoms with Crippen LogP contribution in [0.3, 0.4) is 0 Å². The van der Waals surface area contributed by atoms with Crippen LogP contribution < -0.4 is 9.47 Å². The van der Waals surface area contributed by atoms with Gasteiger partial charge in [-0.05, 0) is 48.9 Å². The minimum Gasteiger partial charge on any atom is -0.496 e. The first-order valence-electron chi connectivity index (χ1n) is 13.1. The zero-order valence-electron chi connectivity index (χ0n) is 21.2. The molecule has 0 amide bonds. The van der Waals surface area contributed by atoms with Crippen molar-refractivity contribution in [3.8, 4) is 22.6 Å². The van der Waals surface area contributed by atoms with Crippen molar-refractivity contribution >= 4 is 0 Å². The molecule has 2 nitrogen and oxygen atoms in total. The Morgan fingerprint density at radius 2 is 0.875 bits per heavy atom. The Balaban J connectivity index is 2.23. The first-order chi connectivity index (χ1) is 15.8. The van der Waals surface area contributed by atoms with Crippen molar-refractivity contribution < 1.29 is 9.47 Å². The summed E-state index contributed by atoms with van der Waals surface area (Å²) < 4.78 is 11.7. The van der Waals surface area contributed by atoms with Crippen molar-refractivity contribution in [3.05, 3.63) is 47.5 Å². The van der Waals surface area contributed by atoms with Gasteiger partial charge >= 0.3 is 0 Å². The van der Waals surface area contributed by atoms with Crippen LogP contribution in [-0.4, -0.2) is 14.2 Å². The smallest absolute Gasteiger partial charge is 0.127 e. The molecule has 0 saturated heterocycles. The highest BCUT2D eigenvalue weighted by molar-refractivity contribution is 5.81. The quantitative estimate of drug-likeness (QED) is 0.229. The maximum atomic E-state index is 5.87. The lowest BCUT2D eigenvalue weighted by atomic mass is 9.89. The van der Waals surface area contributed by atoms with E-state index in [-0.39, 0.29) is 0 Å². The van der Waals surface area contributed by atoms with Crippen LogP contribution in [0.5, 0.6) is 11.5 Å². The molecule has 0 spiro atoms. The zero-order valence-corrected chi connectivity index (χ0v) is 21.2. The van der Waals surface area contributed by atoms with Gasteiger partial charge < -0.3 is 9.47 Å². The van der Waals surface area contributed by atoms with E-state index >= 15 is 0 Å². The van der Waals surface area contributed by atoms with E-state index in [0.29, 0.717) is 0 Å². The number of hydrogen-bond donors (Lipinski definition) is 0. The molecule has 0 radical (unpaired) electrons. The summed E-state index contributed by atoms with van der Waals surface area (Å²) in [4.78, 5) is 0. The largest absolute Gasteiger partial charge is 0.496 e. The second kappa shape index (κ2) is 15.8. The van der Waals surface area contributed by atoms with E-state index in [1.54, 1.807) is 14.2 Å². The molecular formula is C30H46O2. The predicted octanol–water partition coefficient (Wildman–Crippen LogP) is 9.18. The number of hydrogen-bond acceptors (Lipinski definition) is 2. The molecule has 2 rings (SSSR count). The SMILES string of the molecule is CCCCCCCCc1cccc(OC)c1-c1c(CCCCCCCC)cccc1OC. The molecule has 0 N–H and O–H groups in total. The lowest BCUT2D eigenvalue weighted by Gasteiger charge is -2.20. The normalized spacial score (nSPS) is 11.0. The minimum absolute atomic E-state index is 0.960. The van der Waals surface area contributed by atoms with Gasteiger partial charge in [-0.1, -0.05) is 102 Å². The number of unbranched alkanes of at least 4 members (excludes halogenated alkanes) is 10. The fourth-order valence-corrected chi connectivity index (χ4v) is 4.67. The highest BCUT2D eigenvalue weighted by Gasteiger charge is 2.19. The molecule has 32 heavy (non-hydrogen) atoms. The molecule has 0 fully saturated rings. The average Bonchev–Trinajstić information content (AvgIpc) is 2.83.